The van der Waals surface area contributed by atoms with E-state index in [4.69, 9.17) is 0 Å². The summed E-state index contributed by atoms with van der Waals surface area (Å²) in [6, 6.07) is 8.31. The van der Waals surface area contributed by atoms with Crippen LogP contribution in [-0.2, 0) is 0 Å². The van der Waals surface area contributed by atoms with E-state index in [2.05, 4.69) is 43.0 Å². The van der Waals surface area contributed by atoms with E-state index in [1.807, 2.05) is 17.0 Å². The number of anilines is 1. The van der Waals surface area contributed by atoms with Gasteiger partial charge in [0.1, 0.15) is 0 Å². The smallest absolute Gasteiger partial charge is 0.253 e. The Balaban J connectivity index is 1.51. The molecule has 144 valence electrons. The molecule has 2 heterocycles. The molecule has 2 aliphatic heterocycles. The van der Waals surface area contributed by atoms with Gasteiger partial charge in [-0.1, -0.05) is 6.92 Å². The van der Waals surface area contributed by atoms with Crippen molar-refractivity contribution >= 4 is 11.6 Å². The maximum atomic E-state index is 12.8. The number of likely N-dealkylation sites (tertiary alicyclic amines) is 1. The van der Waals surface area contributed by atoms with Gasteiger partial charge < -0.3 is 14.7 Å². The van der Waals surface area contributed by atoms with Crippen LogP contribution in [0.3, 0.4) is 0 Å². The third-order valence-corrected chi connectivity index (χ3v) is 6.15. The van der Waals surface area contributed by atoms with Crippen LogP contribution in [0.25, 0.3) is 0 Å². The molecule has 0 unspecified atom stereocenters. The van der Waals surface area contributed by atoms with Crippen molar-refractivity contribution in [1.82, 2.24) is 9.80 Å². The van der Waals surface area contributed by atoms with Crippen molar-refractivity contribution in [3.63, 3.8) is 0 Å². The molecule has 0 radical (unpaired) electrons. The second kappa shape index (κ2) is 8.90. The zero-order chi connectivity index (χ0) is 18.5. The van der Waals surface area contributed by atoms with Crippen LogP contribution >= 0.6 is 0 Å². The number of amides is 1. The van der Waals surface area contributed by atoms with Crippen molar-refractivity contribution in [3.8, 4) is 0 Å². The van der Waals surface area contributed by atoms with Crippen LogP contribution < -0.4 is 4.90 Å². The standard InChI is InChI=1S/C22H35N3O/c1-18-8-14-24(15-9-18)21-6-4-20(5-7-21)22(26)25-16-11-19(12-17-25)10-13-23(2)3/h4-7,18-19H,8-17H2,1-3H3. The Morgan fingerprint density at radius 3 is 2.19 bits per heavy atom. The molecule has 26 heavy (non-hydrogen) atoms. The van der Waals surface area contributed by atoms with Gasteiger partial charge in [-0.25, -0.2) is 0 Å². The molecular formula is C22H35N3O. The first-order valence-corrected chi connectivity index (χ1v) is 10.3. The summed E-state index contributed by atoms with van der Waals surface area (Å²) in [5.41, 5.74) is 2.10. The van der Waals surface area contributed by atoms with E-state index in [1.54, 1.807) is 0 Å². The van der Waals surface area contributed by atoms with E-state index in [0.717, 1.165) is 63.0 Å². The van der Waals surface area contributed by atoms with E-state index in [-0.39, 0.29) is 5.91 Å². The highest BCUT2D eigenvalue weighted by Crippen LogP contribution is 2.25. The second-order valence-corrected chi connectivity index (χ2v) is 8.54. The minimum Gasteiger partial charge on any atom is -0.372 e. The lowest BCUT2D eigenvalue weighted by molar-refractivity contribution is 0.0683. The molecular weight excluding hydrogens is 322 g/mol. The van der Waals surface area contributed by atoms with E-state index in [1.165, 1.54) is 24.9 Å². The van der Waals surface area contributed by atoms with Gasteiger partial charge in [0.25, 0.3) is 5.91 Å². The van der Waals surface area contributed by atoms with E-state index >= 15 is 0 Å². The fourth-order valence-electron chi connectivity index (χ4n) is 4.13. The number of hydrogen-bond donors (Lipinski definition) is 0. The highest BCUT2D eigenvalue weighted by molar-refractivity contribution is 5.94. The summed E-state index contributed by atoms with van der Waals surface area (Å²) >= 11 is 0. The number of piperidine rings is 2. The molecule has 0 saturated carbocycles. The van der Waals surface area contributed by atoms with Crippen LogP contribution in [0.2, 0.25) is 0 Å². The fourth-order valence-corrected chi connectivity index (χ4v) is 4.13. The Bertz CT molecular complexity index is 568. The van der Waals surface area contributed by atoms with E-state index < -0.39 is 0 Å². The molecule has 3 rings (SSSR count). The van der Waals surface area contributed by atoms with Gasteiger partial charge in [-0.05, 0) is 88.8 Å². The average Bonchev–Trinajstić information content (AvgIpc) is 2.67. The molecule has 4 heteroatoms. The van der Waals surface area contributed by atoms with Gasteiger partial charge in [-0.3, -0.25) is 4.79 Å². The summed E-state index contributed by atoms with van der Waals surface area (Å²) < 4.78 is 0. The summed E-state index contributed by atoms with van der Waals surface area (Å²) in [6.45, 7) is 7.56. The SMILES string of the molecule is CC1CCN(c2ccc(C(=O)N3CCC(CCN(C)C)CC3)cc2)CC1. The Kier molecular flexibility index (Phi) is 6.58. The van der Waals surface area contributed by atoms with Crippen LogP contribution in [-0.4, -0.2) is 62.5 Å². The van der Waals surface area contributed by atoms with Crippen LogP contribution in [0.5, 0.6) is 0 Å². The van der Waals surface area contributed by atoms with E-state index in [0.29, 0.717) is 0 Å². The maximum absolute atomic E-state index is 12.8. The first kappa shape index (κ1) is 19.2. The molecule has 0 atom stereocenters. The first-order chi connectivity index (χ1) is 12.5. The Hall–Kier alpha value is -1.55. The van der Waals surface area contributed by atoms with Crippen LogP contribution in [0.15, 0.2) is 24.3 Å². The molecule has 4 nitrogen and oxygen atoms in total. The minimum atomic E-state index is 0.204. The third kappa shape index (κ3) is 5.00. The molecule has 1 aromatic rings. The van der Waals surface area contributed by atoms with Gasteiger partial charge >= 0.3 is 0 Å². The molecule has 0 spiro atoms. The first-order valence-electron chi connectivity index (χ1n) is 10.3. The summed E-state index contributed by atoms with van der Waals surface area (Å²) in [7, 11) is 4.26. The van der Waals surface area contributed by atoms with Gasteiger partial charge in [0.15, 0.2) is 0 Å². The van der Waals surface area contributed by atoms with Crippen LogP contribution in [0, 0.1) is 11.8 Å². The van der Waals surface area contributed by atoms with Crippen LogP contribution in [0.1, 0.15) is 49.4 Å². The van der Waals surface area contributed by atoms with Crippen molar-refractivity contribution in [2.75, 3.05) is 51.7 Å². The van der Waals surface area contributed by atoms with Crippen LogP contribution in [0.4, 0.5) is 5.69 Å². The van der Waals surface area contributed by atoms with Crippen molar-refractivity contribution < 1.29 is 4.79 Å². The Morgan fingerprint density at radius 1 is 1.00 bits per heavy atom. The monoisotopic (exact) mass is 357 g/mol. The largest absolute Gasteiger partial charge is 0.372 e. The molecule has 1 aromatic carbocycles. The van der Waals surface area contributed by atoms with Gasteiger partial charge in [0.2, 0.25) is 0 Å². The summed E-state index contributed by atoms with van der Waals surface area (Å²) in [5.74, 6) is 1.81. The highest BCUT2D eigenvalue weighted by atomic mass is 16.2. The van der Waals surface area contributed by atoms with E-state index in [9.17, 15) is 4.79 Å². The molecule has 1 amide bonds. The molecule has 0 N–H and O–H groups in total. The molecule has 2 saturated heterocycles. The summed E-state index contributed by atoms with van der Waals surface area (Å²) in [5, 5.41) is 0. The molecule has 2 fully saturated rings. The van der Waals surface area contributed by atoms with Gasteiger partial charge in [0.05, 0.1) is 0 Å². The number of hydrogen-bond acceptors (Lipinski definition) is 3. The topological polar surface area (TPSA) is 26.8 Å². The van der Waals surface area contributed by atoms with Gasteiger partial charge in [-0.2, -0.15) is 0 Å². The quantitative estimate of drug-likeness (QED) is 0.803. The highest BCUT2D eigenvalue weighted by Gasteiger charge is 2.24. The number of rotatable bonds is 5. The second-order valence-electron chi connectivity index (χ2n) is 8.54. The minimum absolute atomic E-state index is 0.204. The molecule has 0 aliphatic carbocycles. The zero-order valence-electron chi connectivity index (χ0n) is 16.8. The summed E-state index contributed by atoms with van der Waals surface area (Å²) in [4.78, 5) is 19.6. The Morgan fingerprint density at radius 2 is 1.62 bits per heavy atom. The normalized spacial score (nSPS) is 20.0. The lowest BCUT2D eigenvalue weighted by Crippen LogP contribution is -2.39. The average molecular weight is 358 g/mol. The Labute approximate surface area is 159 Å². The predicted octanol–water partition coefficient (Wildman–Crippen LogP) is 3.73. The number of nitrogens with zero attached hydrogens (tertiary/aromatic N) is 3. The van der Waals surface area contributed by atoms with Gasteiger partial charge in [-0.15, -0.1) is 0 Å². The lowest BCUT2D eigenvalue weighted by atomic mass is 9.93. The zero-order valence-corrected chi connectivity index (χ0v) is 16.8. The molecule has 0 aromatic heterocycles. The van der Waals surface area contributed by atoms with Gasteiger partial charge in [0, 0.05) is 37.4 Å². The third-order valence-electron chi connectivity index (χ3n) is 6.15. The maximum Gasteiger partial charge on any atom is 0.253 e. The predicted molar refractivity (Wildman–Crippen MR) is 109 cm³/mol. The number of carbonyl (C=O) groups excluding carboxylic acids is 1. The summed E-state index contributed by atoms with van der Waals surface area (Å²) in [6.07, 6.45) is 6.07. The molecule has 2 aliphatic rings. The van der Waals surface area contributed by atoms with Crippen molar-refractivity contribution in [1.29, 1.82) is 0 Å². The van der Waals surface area contributed by atoms with Crippen molar-refractivity contribution in [2.24, 2.45) is 11.8 Å². The number of benzene rings is 1. The lowest BCUT2D eigenvalue weighted by Gasteiger charge is -2.33. The fraction of sp³-hybridized carbons (Fsp3) is 0.682. The molecule has 0 bridgehead atoms. The number of carbonyl (C=O) groups is 1. The van der Waals surface area contributed by atoms with Crippen molar-refractivity contribution in [3.05, 3.63) is 29.8 Å². The van der Waals surface area contributed by atoms with Crippen molar-refractivity contribution in [2.45, 2.75) is 39.0 Å².